The molecule has 0 aliphatic carbocycles. The third kappa shape index (κ3) is 3.85. The number of nitrogens with zero attached hydrogens (tertiary/aromatic N) is 2. The van der Waals surface area contributed by atoms with Crippen molar-refractivity contribution in [2.45, 2.75) is 37.8 Å². The highest BCUT2D eigenvalue weighted by atomic mass is 15.2. The number of aliphatic imine (C=N–C) groups is 1. The van der Waals surface area contributed by atoms with Crippen LogP contribution in [0.1, 0.15) is 41.0 Å². The molecule has 2 heteroatoms. The number of hydrogen-bond acceptors (Lipinski definition) is 2. The Morgan fingerprint density at radius 3 is 2.07 bits per heavy atom. The molecule has 3 aliphatic rings. The second kappa shape index (κ2) is 8.57. The summed E-state index contributed by atoms with van der Waals surface area (Å²) in [6.07, 6.45) is 4.66. The zero-order chi connectivity index (χ0) is 20.3. The van der Waals surface area contributed by atoms with Crippen LogP contribution in [0.4, 0.5) is 0 Å². The van der Waals surface area contributed by atoms with Crippen molar-refractivity contribution in [2.75, 3.05) is 13.1 Å². The van der Waals surface area contributed by atoms with Gasteiger partial charge in [0.25, 0.3) is 0 Å². The summed E-state index contributed by atoms with van der Waals surface area (Å²) in [6, 6.07) is 31.5. The third-order valence-electron chi connectivity index (χ3n) is 6.93. The van der Waals surface area contributed by atoms with Crippen LogP contribution in [0.2, 0.25) is 0 Å². The fourth-order valence-corrected chi connectivity index (χ4v) is 5.50. The lowest BCUT2D eigenvalue weighted by Crippen LogP contribution is -2.59. The molecule has 2 bridgehead atoms. The first-order valence-electron chi connectivity index (χ1n) is 11.2. The molecule has 2 nitrogen and oxygen atoms in total. The van der Waals surface area contributed by atoms with Gasteiger partial charge in [0.1, 0.15) is 0 Å². The Hall–Kier alpha value is -2.71. The van der Waals surface area contributed by atoms with E-state index in [2.05, 4.69) is 103 Å². The van der Waals surface area contributed by atoms with Crippen LogP contribution in [0.15, 0.2) is 89.9 Å². The van der Waals surface area contributed by atoms with Crippen molar-refractivity contribution >= 4 is 6.21 Å². The maximum absolute atomic E-state index is 5.26. The number of aryl methyl sites for hydroxylation is 1. The number of hydrogen-bond donors (Lipinski definition) is 0. The standard InChI is InChI=1S/C28H30N2/c1-21-9-8-10-22(19-21)20-29-27-25-15-17-30(18-16-25)28(27)26(23-11-4-2-5-12-23)24-13-6-3-7-14-24/h2-14,19-20,25-28H,15-18H2,1H3. The molecule has 3 aliphatic heterocycles. The first kappa shape index (κ1) is 19.3. The van der Waals surface area contributed by atoms with Gasteiger partial charge in [-0.15, -0.1) is 0 Å². The zero-order valence-electron chi connectivity index (χ0n) is 17.7. The van der Waals surface area contributed by atoms with E-state index in [-0.39, 0.29) is 0 Å². The van der Waals surface area contributed by atoms with Crippen molar-refractivity contribution < 1.29 is 0 Å². The van der Waals surface area contributed by atoms with E-state index in [4.69, 9.17) is 4.99 Å². The number of rotatable bonds is 5. The van der Waals surface area contributed by atoms with Crippen molar-refractivity contribution in [2.24, 2.45) is 10.9 Å². The number of fused-ring (bicyclic) bond motifs is 3. The van der Waals surface area contributed by atoms with Crippen LogP contribution in [0.25, 0.3) is 0 Å². The lowest BCUT2D eigenvalue weighted by atomic mass is 9.71. The Balaban J connectivity index is 1.55. The summed E-state index contributed by atoms with van der Waals surface area (Å²) in [5, 5.41) is 0. The van der Waals surface area contributed by atoms with Crippen LogP contribution in [0, 0.1) is 12.8 Å². The Kier molecular flexibility index (Phi) is 5.50. The summed E-state index contributed by atoms with van der Waals surface area (Å²) in [7, 11) is 0. The Morgan fingerprint density at radius 1 is 0.833 bits per heavy atom. The Labute approximate surface area is 180 Å². The summed E-state index contributed by atoms with van der Waals surface area (Å²) < 4.78 is 0. The van der Waals surface area contributed by atoms with Gasteiger partial charge >= 0.3 is 0 Å². The summed E-state index contributed by atoms with van der Waals surface area (Å²) in [4.78, 5) is 7.98. The topological polar surface area (TPSA) is 15.6 Å². The average molecular weight is 395 g/mol. The largest absolute Gasteiger partial charge is 0.297 e. The van der Waals surface area contributed by atoms with Gasteiger partial charge in [0.05, 0.1) is 6.04 Å². The van der Waals surface area contributed by atoms with Gasteiger partial charge in [-0.2, -0.15) is 0 Å². The van der Waals surface area contributed by atoms with E-state index < -0.39 is 0 Å². The zero-order valence-corrected chi connectivity index (χ0v) is 17.7. The minimum absolute atomic E-state index is 0.332. The molecule has 0 amide bonds. The Bertz CT molecular complexity index is 948. The predicted molar refractivity (Wildman–Crippen MR) is 125 cm³/mol. The first-order chi connectivity index (χ1) is 14.8. The van der Waals surface area contributed by atoms with Gasteiger partial charge < -0.3 is 0 Å². The monoisotopic (exact) mass is 394 g/mol. The molecular formula is C28H30N2. The van der Waals surface area contributed by atoms with E-state index in [1.54, 1.807) is 0 Å². The van der Waals surface area contributed by atoms with Crippen LogP contribution >= 0.6 is 0 Å². The van der Waals surface area contributed by atoms with Gasteiger partial charge in [0.15, 0.2) is 0 Å². The molecule has 3 fully saturated rings. The molecule has 3 saturated heterocycles. The predicted octanol–water partition coefficient (Wildman–Crippen LogP) is 5.71. The molecule has 6 rings (SSSR count). The maximum atomic E-state index is 5.26. The molecule has 2 atom stereocenters. The molecular weight excluding hydrogens is 364 g/mol. The summed E-state index contributed by atoms with van der Waals surface area (Å²) in [5.41, 5.74) is 5.30. The van der Waals surface area contributed by atoms with Crippen LogP contribution in [0.5, 0.6) is 0 Å². The highest BCUT2D eigenvalue weighted by Crippen LogP contribution is 2.43. The molecule has 0 spiro atoms. The average Bonchev–Trinajstić information content (AvgIpc) is 2.81. The van der Waals surface area contributed by atoms with E-state index in [0.29, 0.717) is 23.9 Å². The van der Waals surface area contributed by atoms with Gasteiger partial charge in [0, 0.05) is 18.2 Å². The van der Waals surface area contributed by atoms with Crippen LogP contribution in [0.3, 0.4) is 0 Å². The van der Waals surface area contributed by atoms with Gasteiger partial charge in [-0.05, 0) is 55.5 Å². The maximum Gasteiger partial charge on any atom is 0.0693 e. The molecule has 0 radical (unpaired) electrons. The van der Waals surface area contributed by atoms with Crippen molar-refractivity contribution in [3.8, 4) is 0 Å². The second-order valence-corrected chi connectivity index (χ2v) is 8.85. The minimum atomic E-state index is 0.332. The van der Waals surface area contributed by atoms with Gasteiger partial charge in [-0.1, -0.05) is 90.5 Å². The van der Waals surface area contributed by atoms with Crippen molar-refractivity contribution in [1.82, 2.24) is 4.90 Å². The SMILES string of the molecule is Cc1cccc(C=NC2C3CCN(CC3)C2C(c2ccccc2)c2ccccc2)c1. The molecule has 0 N–H and O–H groups in total. The van der Waals surface area contributed by atoms with Crippen LogP contribution in [-0.4, -0.2) is 36.3 Å². The number of benzene rings is 3. The molecule has 3 heterocycles. The highest BCUT2D eigenvalue weighted by molar-refractivity contribution is 5.80. The van der Waals surface area contributed by atoms with Crippen molar-refractivity contribution in [3.05, 3.63) is 107 Å². The highest BCUT2D eigenvalue weighted by Gasteiger charge is 2.46. The normalized spacial score (nSPS) is 25.8. The number of piperidine rings is 3. The summed E-state index contributed by atoms with van der Waals surface area (Å²) >= 11 is 0. The molecule has 30 heavy (non-hydrogen) atoms. The minimum Gasteiger partial charge on any atom is -0.297 e. The molecule has 3 aromatic rings. The summed E-state index contributed by atoms with van der Waals surface area (Å²) in [5.74, 6) is 1.02. The quantitative estimate of drug-likeness (QED) is 0.506. The van der Waals surface area contributed by atoms with Gasteiger partial charge in [0.2, 0.25) is 0 Å². The molecule has 0 aromatic heterocycles. The van der Waals surface area contributed by atoms with E-state index >= 15 is 0 Å². The van der Waals surface area contributed by atoms with Crippen LogP contribution < -0.4 is 0 Å². The van der Waals surface area contributed by atoms with E-state index in [9.17, 15) is 0 Å². The van der Waals surface area contributed by atoms with E-state index in [1.807, 2.05) is 0 Å². The molecule has 3 aromatic carbocycles. The molecule has 2 unspecified atom stereocenters. The summed E-state index contributed by atoms with van der Waals surface area (Å²) in [6.45, 7) is 4.54. The lowest BCUT2D eigenvalue weighted by molar-refractivity contribution is 0.0215. The Morgan fingerprint density at radius 2 is 1.47 bits per heavy atom. The third-order valence-corrected chi connectivity index (χ3v) is 6.93. The fourth-order valence-electron chi connectivity index (χ4n) is 5.50. The van der Waals surface area contributed by atoms with E-state index in [1.165, 1.54) is 48.2 Å². The smallest absolute Gasteiger partial charge is 0.0693 e. The second-order valence-electron chi connectivity index (χ2n) is 8.85. The van der Waals surface area contributed by atoms with Crippen LogP contribution in [-0.2, 0) is 0 Å². The van der Waals surface area contributed by atoms with Crippen molar-refractivity contribution in [1.29, 1.82) is 0 Å². The lowest BCUT2D eigenvalue weighted by Gasteiger charge is -2.52. The molecule has 0 saturated carbocycles. The molecule has 152 valence electrons. The van der Waals surface area contributed by atoms with Crippen molar-refractivity contribution in [3.63, 3.8) is 0 Å². The first-order valence-corrected chi connectivity index (χ1v) is 11.2. The van der Waals surface area contributed by atoms with Gasteiger partial charge in [-0.25, -0.2) is 0 Å². The van der Waals surface area contributed by atoms with Gasteiger partial charge in [-0.3, -0.25) is 9.89 Å². The van der Waals surface area contributed by atoms with E-state index in [0.717, 1.165) is 0 Å². The fraction of sp³-hybridized carbons (Fsp3) is 0.321.